The first-order chi connectivity index (χ1) is 12.1. The lowest BCUT2D eigenvalue weighted by molar-refractivity contribution is 0.103. The third-order valence-electron chi connectivity index (χ3n) is 3.89. The van der Waals surface area contributed by atoms with Gasteiger partial charge in [-0.3, -0.25) is 4.79 Å². The summed E-state index contributed by atoms with van der Waals surface area (Å²) in [5.74, 6) is 0.876. The highest BCUT2D eigenvalue weighted by Crippen LogP contribution is 2.22. The van der Waals surface area contributed by atoms with Crippen LogP contribution in [0.15, 0.2) is 54.9 Å². The summed E-state index contributed by atoms with van der Waals surface area (Å²) in [6.45, 7) is 0. The van der Waals surface area contributed by atoms with Gasteiger partial charge in [-0.25, -0.2) is 15.0 Å². The number of anilines is 2. The summed E-state index contributed by atoms with van der Waals surface area (Å²) in [4.78, 5) is 28.0. The number of imidazole rings is 1. The van der Waals surface area contributed by atoms with Gasteiger partial charge < -0.3 is 16.5 Å². The maximum Gasteiger partial charge on any atom is 0.193 e. The number of H-pyrrole nitrogens is 1. The standard InChI is InChI=1S/C18H14N6O/c19-13-3-1-2-12(8-13)15(25)10-4-6-11(7-5-10)17-23-14-16(20)21-9-22-18(14)24-17/h1-9H,19H2,(H3,20,21,22,23,24). The van der Waals surface area contributed by atoms with E-state index < -0.39 is 0 Å². The zero-order valence-corrected chi connectivity index (χ0v) is 13.1. The van der Waals surface area contributed by atoms with E-state index in [-0.39, 0.29) is 5.78 Å². The number of carbonyl (C=O) groups is 1. The number of benzene rings is 2. The zero-order chi connectivity index (χ0) is 17.4. The number of ketones is 1. The van der Waals surface area contributed by atoms with Crippen LogP contribution in [0.5, 0.6) is 0 Å². The molecule has 0 aliphatic rings. The van der Waals surface area contributed by atoms with Crippen LogP contribution in [0, 0.1) is 0 Å². The number of hydrogen-bond acceptors (Lipinski definition) is 6. The molecule has 2 heterocycles. The SMILES string of the molecule is Nc1cccc(C(=O)c2ccc(-c3nc4ncnc(N)c4[nH]3)cc2)c1. The second kappa shape index (κ2) is 5.72. The molecular formula is C18H14N6O. The molecule has 2 aromatic carbocycles. The molecule has 122 valence electrons. The maximum atomic E-state index is 12.5. The second-order valence-corrected chi connectivity index (χ2v) is 5.57. The van der Waals surface area contributed by atoms with Gasteiger partial charge in [-0.2, -0.15) is 0 Å². The molecule has 5 N–H and O–H groups in total. The Labute approximate surface area is 142 Å². The molecule has 4 aromatic rings. The largest absolute Gasteiger partial charge is 0.399 e. The van der Waals surface area contributed by atoms with Crippen molar-refractivity contribution in [2.45, 2.75) is 0 Å². The number of rotatable bonds is 3. The summed E-state index contributed by atoms with van der Waals surface area (Å²) >= 11 is 0. The van der Waals surface area contributed by atoms with E-state index in [9.17, 15) is 4.79 Å². The maximum absolute atomic E-state index is 12.5. The van der Waals surface area contributed by atoms with E-state index in [0.717, 1.165) is 5.56 Å². The van der Waals surface area contributed by atoms with Crippen molar-refractivity contribution in [1.82, 2.24) is 19.9 Å². The Hall–Kier alpha value is -3.74. The highest BCUT2D eigenvalue weighted by molar-refractivity contribution is 6.09. The molecule has 0 spiro atoms. The Morgan fingerprint density at radius 3 is 2.48 bits per heavy atom. The Kier molecular flexibility index (Phi) is 3.39. The zero-order valence-electron chi connectivity index (χ0n) is 13.1. The minimum absolute atomic E-state index is 0.0847. The fourth-order valence-corrected chi connectivity index (χ4v) is 2.61. The number of nitrogen functional groups attached to an aromatic ring is 2. The van der Waals surface area contributed by atoms with Crippen molar-refractivity contribution in [2.24, 2.45) is 0 Å². The highest BCUT2D eigenvalue weighted by Gasteiger charge is 2.12. The molecule has 7 heteroatoms. The Morgan fingerprint density at radius 2 is 1.76 bits per heavy atom. The van der Waals surface area contributed by atoms with Gasteiger partial charge in [-0.1, -0.05) is 36.4 Å². The third-order valence-corrected chi connectivity index (χ3v) is 3.89. The normalized spacial score (nSPS) is 10.9. The molecule has 0 saturated heterocycles. The van der Waals surface area contributed by atoms with Crippen molar-refractivity contribution in [3.63, 3.8) is 0 Å². The molecule has 0 radical (unpaired) electrons. The van der Waals surface area contributed by atoms with Gasteiger partial charge in [0.15, 0.2) is 17.2 Å². The van der Waals surface area contributed by atoms with E-state index >= 15 is 0 Å². The molecule has 0 atom stereocenters. The van der Waals surface area contributed by atoms with Crippen LogP contribution in [0.25, 0.3) is 22.6 Å². The summed E-state index contributed by atoms with van der Waals surface area (Å²) in [5, 5.41) is 0. The highest BCUT2D eigenvalue weighted by atomic mass is 16.1. The van der Waals surface area contributed by atoms with Crippen molar-refractivity contribution in [3.05, 3.63) is 66.0 Å². The molecule has 0 aliphatic carbocycles. The van der Waals surface area contributed by atoms with E-state index in [4.69, 9.17) is 11.5 Å². The lowest BCUT2D eigenvalue weighted by Gasteiger charge is -2.03. The fourth-order valence-electron chi connectivity index (χ4n) is 2.61. The molecule has 25 heavy (non-hydrogen) atoms. The van der Waals surface area contributed by atoms with Crippen LogP contribution < -0.4 is 11.5 Å². The van der Waals surface area contributed by atoms with Crippen LogP contribution in [-0.4, -0.2) is 25.7 Å². The summed E-state index contributed by atoms with van der Waals surface area (Å²) in [5.41, 5.74) is 15.2. The van der Waals surface area contributed by atoms with Crippen LogP contribution >= 0.6 is 0 Å². The van der Waals surface area contributed by atoms with Crippen LogP contribution in [0.1, 0.15) is 15.9 Å². The lowest BCUT2D eigenvalue weighted by Crippen LogP contribution is -2.01. The summed E-state index contributed by atoms with van der Waals surface area (Å²) < 4.78 is 0. The first-order valence-corrected chi connectivity index (χ1v) is 7.59. The van der Waals surface area contributed by atoms with E-state index in [1.165, 1.54) is 6.33 Å². The topological polar surface area (TPSA) is 124 Å². The molecule has 4 rings (SSSR count). The van der Waals surface area contributed by atoms with E-state index in [0.29, 0.717) is 39.6 Å². The molecule has 0 aliphatic heterocycles. The second-order valence-electron chi connectivity index (χ2n) is 5.57. The first kappa shape index (κ1) is 14.8. The Balaban J connectivity index is 1.67. The van der Waals surface area contributed by atoms with E-state index in [1.807, 2.05) is 12.1 Å². The smallest absolute Gasteiger partial charge is 0.193 e. The van der Waals surface area contributed by atoms with E-state index in [2.05, 4.69) is 19.9 Å². The first-order valence-electron chi connectivity index (χ1n) is 7.59. The van der Waals surface area contributed by atoms with E-state index in [1.54, 1.807) is 36.4 Å². The van der Waals surface area contributed by atoms with Crippen LogP contribution in [0.2, 0.25) is 0 Å². The number of nitrogens with zero attached hydrogens (tertiary/aromatic N) is 3. The van der Waals surface area contributed by atoms with Gasteiger partial charge in [0.1, 0.15) is 17.7 Å². The van der Waals surface area contributed by atoms with Crippen molar-refractivity contribution in [3.8, 4) is 11.4 Å². The minimum Gasteiger partial charge on any atom is -0.399 e. The Morgan fingerprint density at radius 1 is 0.960 bits per heavy atom. The number of nitrogens with two attached hydrogens (primary N) is 2. The molecule has 7 nitrogen and oxygen atoms in total. The van der Waals surface area contributed by atoms with Crippen molar-refractivity contribution >= 4 is 28.5 Å². The van der Waals surface area contributed by atoms with Crippen LogP contribution in [-0.2, 0) is 0 Å². The fraction of sp³-hybridized carbons (Fsp3) is 0. The monoisotopic (exact) mass is 330 g/mol. The van der Waals surface area contributed by atoms with Crippen molar-refractivity contribution in [2.75, 3.05) is 11.5 Å². The lowest BCUT2D eigenvalue weighted by atomic mass is 10.0. The van der Waals surface area contributed by atoms with Crippen LogP contribution in [0.3, 0.4) is 0 Å². The number of aromatic nitrogens is 4. The number of aromatic amines is 1. The molecule has 0 fully saturated rings. The average Bonchev–Trinajstić information content (AvgIpc) is 3.07. The van der Waals surface area contributed by atoms with Crippen molar-refractivity contribution in [1.29, 1.82) is 0 Å². The van der Waals surface area contributed by atoms with Gasteiger partial charge in [0, 0.05) is 22.4 Å². The Bertz CT molecular complexity index is 1080. The predicted octanol–water partition coefficient (Wildman–Crippen LogP) is 2.42. The summed E-state index contributed by atoms with van der Waals surface area (Å²) in [7, 11) is 0. The van der Waals surface area contributed by atoms with Crippen LogP contribution in [0.4, 0.5) is 11.5 Å². The molecule has 2 aromatic heterocycles. The van der Waals surface area contributed by atoms with Gasteiger partial charge in [0.05, 0.1) is 0 Å². The summed E-state index contributed by atoms with van der Waals surface area (Å²) in [6, 6.07) is 14.1. The summed E-state index contributed by atoms with van der Waals surface area (Å²) in [6.07, 6.45) is 1.37. The number of hydrogen-bond donors (Lipinski definition) is 3. The molecule has 0 saturated carbocycles. The molecular weight excluding hydrogens is 316 g/mol. The average molecular weight is 330 g/mol. The molecule has 0 bridgehead atoms. The van der Waals surface area contributed by atoms with Gasteiger partial charge in [0.25, 0.3) is 0 Å². The number of nitrogens with one attached hydrogen (secondary N) is 1. The minimum atomic E-state index is -0.0847. The van der Waals surface area contributed by atoms with Crippen molar-refractivity contribution < 1.29 is 4.79 Å². The quantitative estimate of drug-likeness (QED) is 0.391. The molecule has 0 unspecified atom stereocenters. The van der Waals surface area contributed by atoms with Gasteiger partial charge in [-0.15, -0.1) is 0 Å². The molecule has 0 amide bonds. The van der Waals surface area contributed by atoms with Gasteiger partial charge >= 0.3 is 0 Å². The predicted molar refractivity (Wildman–Crippen MR) is 95.8 cm³/mol. The van der Waals surface area contributed by atoms with Gasteiger partial charge in [-0.05, 0) is 12.1 Å². The number of fused-ring (bicyclic) bond motifs is 1. The number of carbonyl (C=O) groups excluding carboxylic acids is 1. The third kappa shape index (κ3) is 2.67. The van der Waals surface area contributed by atoms with Gasteiger partial charge in [0.2, 0.25) is 0 Å².